The second kappa shape index (κ2) is 8.30. The average Bonchev–Trinajstić information content (AvgIpc) is 3.16. The molecular formula is C21H23N5O3. The van der Waals surface area contributed by atoms with Crippen molar-refractivity contribution in [1.82, 2.24) is 24.6 Å². The summed E-state index contributed by atoms with van der Waals surface area (Å²) < 4.78 is 12.8. The van der Waals surface area contributed by atoms with Crippen molar-refractivity contribution >= 4 is 5.91 Å². The first-order valence-corrected chi connectivity index (χ1v) is 9.54. The predicted octanol–water partition coefficient (Wildman–Crippen LogP) is 2.57. The van der Waals surface area contributed by atoms with Crippen molar-refractivity contribution in [3.8, 4) is 22.9 Å². The summed E-state index contributed by atoms with van der Waals surface area (Å²) in [5.41, 5.74) is 2.19. The van der Waals surface area contributed by atoms with Crippen LogP contribution in [0, 0.1) is 0 Å². The second-order valence-corrected chi connectivity index (χ2v) is 6.95. The molecule has 150 valence electrons. The van der Waals surface area contributed by atoms with Crippen LogP contribution in [0.2, 0.25) is 0 Å². The minimum absolute atomic E-state index is 0.0508. The lowest BCUT2D eigenvalue weighted by molar-refractivity contribution is 0.0518. The standard InChI is InChI=1S/C21H23N5O3/c1-25-19(12-18(24-25)15-5-3-6-16(11-15)28-2)21(27)26-10-4-7-17(13-26)29-20-8-9-22-14-23-20/h3,5-6,8-9,11-12,14,17H,4,7,10,13H2,1-2H3. The summed E-state index contributed by atoms with van der Waals surface area (Å²) in [4.78, 5) is 23.0. The maximum Gasteiger partial charge on any atom is 0.272 e. The number of ether oxygens (including phenoxy) is 2. The smallest absolute Gasteiger partial charge is 0.272 e. The zero-order valence-corrected chi connectivity index (χ0v) is 16.5. The summed E-state index contributed by atoms with van der Waals surface area (Å²) in [5.74, 6) is 1.23. The van der Waals surface area contributed by atoms with Crippen molar-refractivity contribution in [1.29, 1.82) is 0 Å². The van der Waals surface area contributed by atoms with Crippen LogP contribution >= 0.6 is 0 Å². The zero-order valence-electron chi connectivity index (χ0n) is 16.5. The molecule has 1 aliphatic heterocycles. The third-order valence-electron chi connectivity index (χ3n) is 4.97. The van der Waals surface area contributed by atoms with Gasteiger partial charge in [-0.05, 0) is 31.0 Å². The van der Waals surface area contributed by atoms with Crippen molar-refractivity contribution in [2.75, 3.05) is 20.2 Å². The molecule has 0 spiro atoms. The van der Waals surface area contributed by atoms with E-state index in [2.05, 4.69) is 15.1 Å². The van der Waals surface area contributed by atoms with E-state index in [1.165, 1.54) is 6.33 Å². The Labute approximate surface area is 169 Å². The molecule has 1 fully saturated rings. The first kappa shape index (κ1) is 18.9. The summed E-state index contributed by atoms with van der Waals surface area (Å²) in [5, 5.41) is 4.52. The summed E-state index contributed by atoms with van der Waals surface area (Å²) in [6.07, 6.45) is 4.77. The van der Waals surface area contributed by atoms with Crippen LogP contribution in [0.15, 0.2) is 48.9 Å². The van der Waals surface area contributed by atoms with Crippen LogP contribution in [-0.4, -0.2) is 56.9 Å². The van der Waals surface area contributed by atoms with Crippen molar-refractivity contribution < 1.29 is 14.3 Å². The minimum Gasteiger partial charge on any atom is -0.497 e. The number of hydrogen-bond donors (Lipinski definition) is 0. The predicted molar refractivity (Wildman–Crippen MR) is 107 cm³/mol. The first-order valence-electron chi connectivity index (χ1n) is 9.54. The number of nitrogens with zero attached hydrogens (tertiary/aromatic N) is 5. The molecule has 1 amide bonds. The molecule has 1 unspecified atom stereocenters. The topological polar surface area (TPSA) is 82.4 Å². The number of carbonyl (C=O) groups excluding carboxylic acids is 1. The van der Waals surface area contributed by atoms with Crippen LogP contribution in [-0.2, 0) is 7.05 Å². The van der Waals surface area contributed by atoms with E-state index in [9.17, 15) is 4.79 Å². The molecule has 4 rings (SSSR count). The van der Waals surface area contributed by atoms with Gasteiger partial charge in [-0.25, -0.2) is 9.97 Å². The van der Waals surface area contributed by atoms with Crippen LogP contribution in [0.4, 0.5) is 0 Å². The molecule has 2 aromatic heterocycles. The Kier molecular flexibility index (Phi) is 5.41. The van der Waals surface area contributed by atoms with E-state index < -0.39 is 0 Å². The normalized spacial score (nSPS) is 16.5. The van der Waals surface area contributed by atoms with Crippen molar-refractivity contribution in [3.05, 3.63) is 54.6 Å². The molecule has 0 aliphatic carbocycles. The number of aromatic nitrogens is 4. The van der Waals surface area contributed by atoms with Gasteiger partial charge >= 0.3 is 0 Å². The summed E-state index contributed by atoms with van der Waals surface area (Å²) in [7, 11) is 3.42. The molecular weight excluding hydrogens is 370 g/mol. The number of hydrogen-bond acceptors (Lipinski definition) is 6. The Hall–Kier alpha value is -3.42. The van der Waals surface area contributed by atoms with Gasteiger partial charge in [0, 0.05) is 31.4 Å². The second-order valence-electron chi connectivity index (χ2n) is 6.95. The van der Waals surface area contributed by atoms with Crippen LogP contribution in [0.3, 0.4) is 0 Å². The quantitative estimate of drug-likeness (QED) is 0.663. The first-order chi connectivity index (χ1) is 14.1. The van der Waals surface area contributed by atoms with Gasteiger partial charge in [0.05, 0.1) is 19.3 Å². The van der Waals surface area contributed by atoms with E-state index in [-0.39, 0.29) is 12.0 Å². The molecule has 0 saturated carbocycles. The molecule has 8 nitrogen and oxygen atoms in total. The zero-order chi connectivity index (χ0) is 20.2. The fourth-order valence-electron chi connectivity index (χ4n) is 3.49. The number of rotatable bonds is 5. The SMILES string of the molecule is COc1cccc(-c2cc(C(=O)N3CCCC(Oc4ccncn4)C3)n(C)n2)c1. The number of likely N-dealkylation sites (tertiary alicyclic amines) is 1. The Morgan fingerprint density at radius 1 is 1.24 bits per heavy atom. The highest BCUT2D eigenvalue weighted by Gasteiger charge is 2.28. The van der Waals surface area contributed by atoms with Crippen LogP contribution in [0.5, 0.6) is 11.6 Å². The van der Waals surface area contributed by atoms with E-state index in [1.54, 1.807) is 31.1 Å². The number of amides is 1. The number of benzene rings is 1. The lowest BCUT2D eigenvalue weighted by Gasteiger charge is -2.32. The van der Waals surface area contributed by atoms with E-state index >= 15 is 0 Å². The van der Waals surface area contributed by atoms with Crippen LogP contribution in [0.25, 0.3) is 11.3 Å². The van der Waals surface area contributed by atoms with Gasteiger partial charge in [0.15, 0.2) is 0 Å². The lowest BCUT2D eigenvalue weighted by atomic mass is 10.1. The fourth-order valence-corrected chi connectivity index (χ4v) is 3.49. The molecule has 29 heavy (non-hydrogen) atoms. The van der Waals surface area contributed by atoms with Gasteiger partial charge in [0.2, 0.25) is 5.88 Å². The maximum absolute atomic E-state index is 13.1. The van der Waals surface area contributed by atoms with E-state index in [0.717, 1.165) is 29.8 Å². The third-order valence-corrected chi connectivity index (χ3v) is 4.97. The molecule has 3 heterocycles. The van der Waals surface area contributed by atoms with Crippen molar-refractivity contribution in [3.63, 3.8) is 0 Å². The van der Waals surface area contributed by atoms with Crippen LogP contribution < -0.4 is 9.47 Å². The molecule has 1 aromatic carbocycles. The molecule has 0 radical (unpaired) electrons. The molecule has 1 atom stereocenters. The number of aryl methyl sites for hydroxylation is 1. The van der Waals surface area contributed by atoms with E-state index in [1.807, 2.05) is 35.2 Å². The largest absolute Gasteiger partial charge is 0.497 e. The van der Waals surface area contributed by atoms with Gasteiger partial charge in [-0.2, -0.15) is 5.10 Å². The monoisotopic (exact) mass is 393 g/mol. The molecule has 0 bridgehead atoms. The Bertz CT molecular complexity index is 989. The molecule has 8 heteroatoms. The average molecular weight is 393 g/mol. The van der Waals surface area contributed by atoms with Crippen LogP contribution in [0.1, 0.15) is 23.3 Å². The van der Waals surface area contributed by atoms with Crippen molar-refractivity contribution in [2.24, 2.45) is 7.05 Å². The summed E-state index contributed by atoms with van der Waals surface area (Å²) in [6.45, 7) is 1.21. The van der Waals surface area contributed by atoms with Gasteiger partial charge in [0.1, 0.15) is 23.9 Å². The molecule has 1 saturated heterocycles. The Balaban J connectivity index is 1.49. The molecule has 0 N–H and O–H groups in total. The van der Waals surface area contributed by atoms with Gasteiger partial charge in [-0.3, -0.25) is 9.48 Å². The van der Waals surface area contributed by atoms with Gasteiger partial charge < -0.3 is 14.4 Å². The maximum atomic E-state index is 13.1. The fraction of sp³-hybridized carbons (Fsp3) is 0.333. The van der Waals surface area contributed by atoms with Crippen molar-refractivity contribution in [2.45, 2.75) is 18.9 Å². The van der Waals surface area contributed by atoms with Gasteiger partial charge in [0.25, 0.3) is 5.91 Å². The summed E-state index contributed by atoms with van der Waals surface area (Å²) >= 11 is 0. The van der Waals surface area contributed by atoms with E-state index in [0.29, 0.717) is 24.7 Å². The highest BCUT2D eigenvalue weighted by Crippen LogP contribution is 2.25. The highest BCUT2D eigenvalue weighted by atomic mass is 16.5. The third kappa shape index (κ3) is 4.21. The number of carbonyl (C=O) groups is 1. The molecule has 3 aromatic rings. The molecule has 1 aliphatic rings. The summed E-state index contributed by atoms with van der Waals surface area (Å²) in [6, 6.07) is 11.2. The Morgan fingerprint density at radius 2 is 2.14 bits per heavy atom. The van der Waals surface area contributed by atoms with Gasteiger partial charge in [-0.15, -0.1) is 0 Å². The van der Waals surface area contributed by atoms with Gasteiger partial charge in [-0.1, -0.05) is 12.1 Å². The Morgan fingerprint density at radius 3 is 2.93 bits per heavy atom. The lowest BCUT2D eigenvalue weighted by Crippen LogP contribution is -2.45. The highest BCUT2D eigenvalue weighted by molar-refractivity contribution is 5.93. The van der Waals surface area contributed by atoms with E-state index in [4.69, 9.17) is 9.47 Å². The number of piperidine rings is 1. The minimum atomic E-state index is -0.0892. The number of methoxy groups -OCH3 is 1.